The first-order valence-corrected chi connectivity index (χ1v) is 5.79. The largest absolute Gasteiger partial charge is 0.0654 e. The molecule has 0 aromatic heterocycles. The lowest BCUT2D eigenvalue weighted by molar-refractivity contribution is 0.280. The van der Waals surface area contributed by atoms with E-state index < -0.39 is 0 Å². The van der Waals surface area contributed by atoms with Gasteiger partial charge in [0.1, 0.15) is 0 Å². The molecule has 74 valence electrons. The minimum absolute atomic E-state index is 0.988. The van der Waals surface area contributed by atoms with Gasteiger partial charge in [-0.05, 0) is 11.8 Å². The summed E-state index contributed by atoms with van der Waals surface area (Å²) in [5.74, 6) is 1.99. The van der Waals surface area contributed by atoms with Crippen LogP contribution in [0.4, 0.5) is 0 Å². The van der Waals surface area contributed by atoms with E-state index in [0.717, 1.165) is 11.8 Å². The van der Waals surface area contributed by atoms with Gasteiger partial charge in [-0.25, -0.2) is 0 Å². The van der Waals surface area contributed by atoms with Crippen molar-refractivity contribution in [2.75, 3.05) is 0 Å². The smallest absolute Gasteiger partial charge is 0.0389 e. The van der Waals surface area contributed by atoms with Crippen LogP contribution in [0.1, 0.15) is 66.2 Å². The van der Waals surface area contributed by atoms with E-state index >= 15 is 0 Å². The molecule has 0 aliphatic heterocycles. The van der Waals surface area contributed by atoms with Crippen LogP contribution in [0.3, 0.4) is 0 Å². The van der Waals surface area contributed by atoms with Gasteiger partial charge in [0.2, 0.25) is 0 Å². The van der Waals surface area contributed by atoms with E-state index in [0.29, 0.717) is 0 Å². The quantitative estimate of drug-likeness (QED) is 0.522. The van der Waals surface area contributed by atoms with Crippen LogP contribution in [-0.2, 0) is 0 Å². The molecule has 0 N–H and O–H groups in total. The van der Waals surface area contributed by atoms with Crippen LogP contribution in [0.15, 0.2) is 0 Å². The molecule has 0 aliphatic carbocycles. The molecular weight excluding hydrogens is 144 g/mol. The Bertz CT molecular complexity index is 82.0. The highest BCUT2D eigenvalue weighted by Gasteiger charge is 2.15. The maximum Gasteiger partial charge on any atom is -0.0389 e. The monoisotopic (exact) mass is 170 g/mol. The number of hydrogen-bond acceptors (Lipinski definition) is 0. The van der Waals surface area contributed by atoms with Crippen LogP contribution in [0, 0.1) is 11.8 Å². The second kappa shape index (κ2) is 7.64. The van der Waals surface area contributed by atoms with Crippen molar-refractivity contribution in [3.05, 3.63) is 0 Å². The van der Waals surface area contributed by atoms with Gasteiger partial charge in [-0.3, -0.25) is 0 Å². The van der Waals surface area contributed by atoms with Gasteiger partial charge in [-0.1, -0.05) is 66.2 Å². The fourth-order valence-corrected chi connectivity index (χ4v) is 2.19. The molecule has 0 radical (unpaired) electrons. The molecule has 0 nitrogen and oxygen atoms in total. The van der Waals surface area contributed by atoms with Crippen molar-refractivity contribution in [2.45, 2.75) is 66.2 Å². The molecule has 0 aromatic rings. The van der Waals surface area contributed by atoms with Crippen molar-refractivity contribution in [1.29, 1.82) is 0 Å². The second-order valence-corrected chi connectivity index (χ2v) is 3.89. The Morgan fingerprint density at radius 1 is 0.750 bits per heavy atom. The van der Waals surface area contributed by atoms with Crippen LogP contribution < -0.4 is 0 Å². The third kappa shape index (κ3) is 4.13. The Balaban J connectivity index is 3.75. The number of rotatable bonds is 7. The third-order valence-electron chi connectivity index (χ3n) is 3.17. The van der Waals surface area contributed by atoms with Gasteiger partial charge in [0, 0.05) is 0 Å². The highest BCUT2D eigenvalue weighted by atomic mass is 14.2. The highest BCUT2D eigenvalue weighted by molar-refractivity contribution is 4.66. The lowest BCUT2D eigenvalue weighted by atomic mass is 9.83. The maximum absolute atomic E-state index is 2.35. The van der Waals surface area contributed by atoms with Crippen molar-refractivity contribution in [1.82, 2.24) is 0 Å². The van der Waals surface area contributed by atoms with Crippen molar-refractivity contribution < 1.29 is 0 Å². The molecular formula is C12H26. The highest BCUT2D eigenvalue weighted by Crippen LogP contribution is 2.27. The molecule has 0 saturated heterocycles. The number of hydrogen-bond donors (Lipinski definition) is 0. The first-order valence-electron chi connectivity index (χ1n) is 5.79. The average molecular weight is 170 g/mol. The summed E-state index contributed by atoms with van der Waals surface area (Å²) >= 11 is 0. The summed E-state index contributed by atoms with van der Waals surface area (Å²) in [6.07, 6.45) is 8.37. The van der Waals surface area contributed by atoms with Crippen molar-refractivity contribution in [2.24, 2.45) is 11.8 Å². The van der Waals surface area contributed by atoms with E-state index in [4.69, 9.17) is 0 Å². The van der Waals surface area contributed by atoms with E-state index in [9.17, 15) is 0 Å². The molecule has 1 atom stereocenters. The zero-order valence-electron chi connectivity index (χ0n) is 9.40. The average Bonchev–Trinajstić information content (AvgIpc) is 2.12. The van der Waals surface area contributed by atoms with Gasteiger partial charge in [-0.2, -0.15) is 0 Å². The second-order valence-electron chi connectivity index (χ2n) is 3.89. The summed E-state index contributed by atoms with van der Waals surface area (Å²) in [6, 6.07) is 0. The Morgan fingerprint density at radius 3 is 1.58 bits per heavy atom. The zero-order valence-corrected chi connectivity index (χ0v) is 9.40. The third-order valence-corrected chi connectivity index (χ3v) is 3.17. The summed E-state index contributed by atoms with van der Waals surface area (Å²) in [6.45, 7) is 9.31. The van der Waals surface area contributed by atoms with E-state index in [-0.39, 0.29) is 0 Å². The van der Waals surface area contributed by atoms with Gasteiger partial charge < -0.3 is 0 Å². The van der Waals surface area contributed by atoms with Crippen LogP contribution in [0.5, 0.6) is 0 Å². The Kier molecular flexibility index (Phi) is 7.64. The Hall–Kier alpha value is 0. The molecule has 0 fully saturated rings. The summed E-state index contributed by atoms with van der Waals surface area (Å²) in [5.41, 5.74) is 0. The first-order chi connectivity index (χ1) is 5.79. The van der Waals surface area contributed by atoms with Crippen LogP contribution in [0.25, 0.3) is 0 Å². The van der Waals surface area contributed by atoms with Crippen LogP contribution >= 0.6 is 0 Å². The normalized spacial score (nSPS) is 13.8. The van der Waals surface area contributed by atoms with Crippen LogP contribution in [0.2, 0.25) is 0 Å². The predicted molar refractivity (Wildman–Crippen MR) is 57.4 cm³/mol. The lowest BCUT2D eigenvalue weighted by Gasteiger charge is -2.23. The van der Waals surface area contributed by atoms with Gasteiger partial charge in [-0.15, -0.1) is 0 Å². The zero-order chi connectivity index (χ0) is 9.40. The van der Waals surface area contributed by atoms with Crippen LogP contribution in [-0.4, -0.2) is 0 Å². The summed E-state index contributed by atoms with van der Waals surface area (Å²) in [5, 5.41) is 0. The van der Waals surface area contributed by atoms with Gasteiger partial charge in [0.25, 0.3) is 0 Å². The summed E-state index contributed by atoms with van der Waals surface area (Å²) in [7, 11) is 0. The summed E-state index contributed by atoms with van der Waals surface area (Å²) < 4.78 is 0. The molecule has 1 unspecified atom stereocenters. The fourth-order valence-electron chi connectivity index (χ4n) is 2.19. The molecule has 0 saturated carbocycles. The first kappa shape index (κ1) is 12.0. The Labute approximate surface area is 78.8 Å². The van der Waals surface area contributed by atoms with Crippen molar-refractivity contribution in [3.63, 3.8) is 0 Å². The van der Waals surface area contributed by atoms with Gasteiger partial charge in [0.15, 0.2) is 0 Å². The van der Waals surface area contributed by atoms with Crippen molar-refractivity contribution in [3.8, 4) is 0 Å². The summed E-state index contributed by atoms with van der Waals surface area (Å²) in [4.78, 5) is 0. The molecule has 0 aromatic carbocycles. The minimum Gasteiger partial charge on any atom is -0.0654 e. The van der Waals surface area contributed by atoms with E-state index in [1.54, 1.807) is 0 Å². The molecule has 0 rings (SSSR count). The van der Waals surface area contributed by atoms with Gasteiger partial charge >= 0.3 is 0 Å². The minimum atomic E-state index is 0.988. The Morgan fingerprint density at radius 2 is 1.25 bits per heavy atom. The van der Waals surface area contributed by atoms with Crippen molar-refractivity contribution >= 4 is 0 Å². The number of unbranched alkanes of at least 4 members (excludes halogenated alkanes) is 1. The molecule has 12 heavy (non-hydrogen) atoms. The fraction of sp³-hybridized carbons (Fsp3) is 1.00. The molecule has 0 aliphatic rings. The topological polar surface area (TPSA) is 0 Å². The molecule has 0 heterocycles. The van der Waals surface area contributed by atoms with Gasteiger partial charge in [0.05, 0.1) is 0 Å². The molecule has 0 spiro atoms. The molecule has 0 amide bonds. The van der Waals surface area contributed by atoms with E-state index in [1.165, 1.54) is 38.5 Å². The lowest BCUT2D eigenvalue weighted by Crippen LogP contribution is -2.12. The van der Waals surface area contributed by atoms with E-state index in [2.05, 4.69) is 27.7 Å². The predicted octanol–water partition coefficient (Wildman–Crippen LogP) is 4.64. The molecule has 0 heteroatoms. The standard InChI is InChI=1S/C12H26/c1-5-9-10-12(8-4)11(6-2)7-3/h11-12H,5-10H2,1-4H3. The van der Waals surface area contributed by atoms with E-state index in [1.807, 2.05) is 0 Å². The molecule has 0 bridgehead atoms. The SMILES string of the molecule is CCCCC(CC)C(CC)CC. The maximum atomic E-state index is 2.35.